The van der Waals surface area contributed by atoms with Crippen molar-refractivity contribution < 1.29 is 0 Å². The second-order valence-corrected chi connectivity index (χ2v) is 9.07. The number of H-pyrrole nitrogens is 2. The van der Waals surface area contributed by atoms with Crippen LogP contribution in [0.15, 0.2) is 36.9 Å². The molecule has 0 atom stereocenters. The normalized spacial score (nSPS) is 17.3. The zero-order valence-corrected chi connectivity index (χ0v) is 19.4. The molecule has 2 aliphatic rings. The lowest BCUT2D eigenvalue weighted by Crippen LogP contribution is -2.43. The van der Waals surface area contributed by atoms with Crippen LogP contribution in [-0.4, -0.2) is 67.0 Å². The molecule has 1 aromatic carbocycles. The Kier molecular flexibility index (Phi) is 5.29. The van der Waals surface area contributed by atoms with Crippen molar-refractivity contribution in [3.8, 4) is 0 Å². The molecule has 1 fully saturated rings. The van der Waals surface area contributed by atoms with Gasteiger partial charge in [0, 0.05) is 49.2 Å². The third-order valence-electron chi connectivity index (χ3n) is 7.08. The van der Waals surface area contributed by atoms with Gasteiger partial charge in [-0.05, 0) is 43.7 Å². The number of hydrogen-bond acceptors (Lipinski definition) is 8. The molecule has 6 rings (SSSR count). The molecular formula is C24H30N10. The van der Waals surface area contributed by atoms with E-state index < -0.39 is 0 Å². The lowest BCUT2D eigenvalue weighted by atomic mass is 10.0. The summed E-state index contributed by atoms with van der Waals surface area (Å²) < 4.78 is 0. The first kappa shape index (κ1) is 20.9. The fourth-order valence-electron chi connectivity index (χ4n) is 5.14. The largest absolute Gasteiger partial charge is 0.399 e. The average molecular weight is 459 g/mol. The van der Waals surface area contributed by atoms with Gasteiger partial charge in [0.05, 0.1) is 24.9 Å². The Bertz CT molecular complexity index is 1270. The van der Waals surface area contributed by atoms with Crippen LogP contribution in [0.5, 0.6) is 0 Å². The molecule has 176 valence electrons. The van der Waals surface area contributed by atoms with E-state index in [1.54, 1.807) is 12.7 Å². The van der Waals surface area contributed by atoms with Crippen LogP contribution in [-0.2, 0) is 13.0 Å². The monoisotopic (exact) mass is 458 g/mol. The Morgan fingerprint density at radius 3 is 2.62 bits per heavy atom. The van der Waals surface area contributed by atoms with Gasteiger partial charge >= 0.3 is 0 Å². The number of aromatic amines is 2. The minimum atomic E-state index is 0.305. The van der Waals surface area contributed by atoms with E-state index >= 15 is 0 Å². The molecule has 34 heavy (non-hydrogen) atoms. The van der Waals surface area contributed by atoms with Crippen molar-refractivity contribution >= 4 is 34.3 Å². The topological polar surface area (TPSA) is 119 Å². The van der Waals surface area contributed by atoms with E-state index in [1.807, 2.05) is 12.1 Å². The summed E-state index contributed by atoms with van der Waals surface area (Å²) in [5.74, 6) is 1.54. The molecule has 10 heteroatoms. The number of aromatic nitrogens is 6. The van der Waals surface area contributed by atoms with E-state index in [-0.39, 0.29) is 0 Å². The lowest BCUT2D eigenvalue weighted by molar-refractivity contribution is 0.222. The van der Waals surface area contributed by atoms with Crippen molar-refractivity contribution in [2.24, 2.45) is 0 Å². The molecule has 0 unspecified atom stereocenters. The number of benzene rings is 1. The maximum Gasteiger partial charge on any atom is 0.234 e. The number of nitrogens with one attached hydrogen (secondary N) is 2. The minimum Gasteiger partial charge on any atom is -0.399 e. The van der Waals surface area contributed by atoms with Gasteiger partial charge in [-0.2, -0.15) is 9.97 Å². The molecule has 0 radical (unpaired) electrons. The fraction of sp³-hybridized carbons (Fsp3) is 0.417. The van der Waals surface area contributed by atoms with Crippen molar-refractivity contribution in [2.75, 3.05) is 41.7 Å². The van der Waals surface area contributed by atoms with Gasteiger partial charge in [-0.15, -0.1) is 0 Å². The van der Waals surface area contributed by atoms with Crippen LogP contribution in [0, 0.1) is 0 Å². The highest BCUT2D eigenvalue weighted by Gasteiger charge is 2.30. The van der Waals surface area contributed by atoms with Crippen LogP contribution >= 0.6 is 0 Å². The number of nitrogens with two attached hydrogens (primary N) is 1. The Hall–Kier alpha value is -3.66. The summed E-state index contributed by atoms with van der Waals surface area (Å²) in [5.41, 5.74) is 11.6. The highest BCUT2D eigenvalue weighted by atomic mass is 15.3. The summed E-state index contributed by atoms with van der Waals surface area (Å²) in [6.45, 7) is 7.00. The van der Waals surface area contributed by atoms with Gasteiger partial charge in [0.1, 0.15) is 0 Å². The molecule has 4 N–H and O–H groups in total. The van der Waals surface area contributed by atoms with Crippen LogP contribution in [0.3, 0.4) is 0 Å². The molecule has 3 aromatic heterocycles. The minimum absolute atomic E-state index is 0.305. The number of anilines is 4. The summed E-state index contributed by atoms with van der Waals surface area (Å²) >= 11 is 0. The maximum absolute atomic E-state index is 6.01. The second-order valence-electron chi connectivity index (χ2n) is 9.07. The first-order chi connectivity index (χ1) is 16.7. The quantitative estimate of drug-likeness (QED) is 0.391. The molecule has 2 aliphatic heterocycles. The van der Waals surface area contributed by atoms with Gasteiger partial charge in [0.2, 0.25) is 5.95 Å². The third-order valence-corrected chi connectivity index (χ3v) is 7.08. The standard InChI is InChI=1S/C24H30N10/c1-2-32-10-7-18(8-11-32)34(17-5-3-16(25)4-6-17)24-30-22-21(28-15-29-22)23(31-24)33-12-9-19-20(13-33)27-14-26-19/h3-6,14-15,18H,2,7-13,25H2,1H3,(H,26,27)(H,28,29,30,31). The summed E-state index contributed by atoms with van der Waals surface area (Å²) in [6.07, 6.45) is 6.48. The number of imidazole rings is 2. The molecular weight excluding hydrogens is 428 g/mol. The Morgan fingerprint density at radius 1 is 1.03 bits per heavy atom. The van der Waals surface area contributed by atoms with Crippen molar-refractivity contribution in [2.45, 2.75) is 38.8 Å². The van der Waals surface area contributed by atoms with E-state index in [2.05, 4.69) is 53.7 Å². The van der Waals surface area contributed by atoms with E-state index in [1.165, 1.54) is 5.69 Å². The molecule has 0 amide bonds. The SMILES string of the molecule is CCN1CCC(N(c2ccc(N)cc2)c2nc(N3CCc4[nH]cnc4C3)c3nc[nH]c3n2)CC1. The number of piperidine rings is 1. The Morgan fingerprint density at radius 2 is 1.82 bits per heavy atom. The van der Waals surface area contributed by atoms with Crippen LogP contribution in [0.1, 0.15) is 31.2 Å². The van der Waals surface area contributed by atoms with Gasteiger partial charge in [-0.3, -0.25) is 0 Å². The van der Waals surface area contributed by atoms with E-state index in [4.69, 9.17) is 15.7 Å². The summed E-state index contributed by atoms with van der Waals surface area (Å²) in [6, 6.07) is 8.34. The molecule has 0 bridgehead atoms. The van der Waals surface area contributed by atoms with E-state index in [0.717, 1.165) is 79.5 Å². The average Bonchev–Trinajstić information content (AvgIpc) is 3.54. The number of rotatable bonds is 5. The zero-order chi connectivity index (χ0) is 23.1. The molecule has 0 aliphatic carbocycles. The first-order valence-electron chi connectivity index (χ1n) is 12.0. The predicted octanol–water partition coefficient (Wildman–Crippen LogP) is 2.84. The van der Waals surface area contributed by atoms with Crippen molar-refractivity contribution in [1.29, 1.82) is 0 Å². The van der Waals surface area contributed by atoms with Gasteiger partial charge in [0.25, 0.3) is 0 Å². The van der Waals surface area contributed by atoms with Crippen molar-refractivity contribution in [1.82, 2.24) is 34.8 Å². The number of fused-ring (bicyclic) bond motifs is 2. The van der Waals surface area contributed by atoms with Crippen LogP contribution in [0.2, 0.25) is 0 Å². The van der Waals surface area contributed by atoms with E-state index in [9.17, 15) is 0 Å². The predicted molar refractivity (Wildman–Crippen MR) is 133 cm³/mol. The molecule has 10 nitrogen and oxygen atoms in total. The number of hydrogen-bond donors (Lipinski definition) is 3. The molecule has 0 spiro atoms. The highest BCUT2D eigenvalue weighted by molar-refractivity contribution is 5.85. The summed E-state index contributed by atoms with van der Waals surface area (Å²) in [4.78, 5) is 32.7. The summed E-state index contributed by atoms with van der Waals surface area (Å²) in [5, 5.41) is 0. The van der Waals surface area contributed by atoms with E-state index in [0.29, 0.717) is 18.5 Å². The highest BCUT2D eigenvalue weighted by Crippen LogP contribution is 2.34. The molecule has 4 aromatic rings. The van der Waals surface area contributed by atoms with Gasteiger partial charge < -0.3 is 30.4 Å². The smallest absolute Gasteiger partial charge is 0.234 e. The van der Waals surface area contributed by atoms with Gasteiger partial charge in [0.15, 0.2) is 17.0 Å². The maximum atomic E-state index is 6.01. The van der Waals surface area contributed by atoms with Crippen LogP contribution in [0.25, 0.3) is 11.2 Å². The Labute approximate surface area is 198 Å². The third kappa shape index (κ3) is 3.73. The number of likely N-dealkylation sites (tertiary alicyclic amines) is 1. The summed E-state index contributed by atoms with van der Waals surface area (Å²) in [7, 11) is 0. The van der Waals surface area contributed by atoms with Crippen LogP contribution < -0.4 is 15.5 Å². The van der Waals surface area contributed by atoms with Crippen molar-refractivity contribution in [3.63, 3.8) is 0 Å². The van der Waals surface area contributed by atoms with Crippen LogP contribution in [0.4, 0.5) is 23.1 Å². The van der Waals surface area contributed by atoms with Crippen molar-refractivity contribution in [3.05, 3.63) is 48.3 Å². The van der Waals surface area contributed by atoms with Gasteiger partial charge in [-0.25, -0.2) is 9.97 Å². The second kappa shape index (κ2) is 8.60. The fourth-order valence-corrected chi connectivity index (χ4v) is 5.14. The Balaban J connectivity index is 1.42. The number of nitrogen functional groups attached to an aromatic ring is 1. The zero-order valence-electron chi connectivity index (χ0n) is 19.4. The lowest BCUT2D eigenvalue weighted by Gasteiger charge is -2.38. The first-order valence-corrected chi connectivity index (χ1v) is 12.0. The van der Waals surface area contributed by atoms with Gasteiger partial charge in [-0.1, -0.05) is 6.92 Å². The number of nitrogens with zero attached hydrogens (tertiary/aromatic N) is 7. The molecule has 1 saturated heterocycles. The molecule has 0 saturated carbocycles. The molecule has 5 heterocycles.